The van der Waals surface area contributed by atoms with E-state index in [9.17, 15) is 18.0 Å². The van der Waals surface area contributed by atoms with E-state index < -0.39 is 41.1 Å². The molecular formula is C31H40F3N9O4. The number of piperidine rings is 1. The molecule has 254 valence electrons. The van der Waals surface area contributed by atoms with E-state index in [1.807, 2.05) is 6.92 Å². The fourth-order valence-corrected chi connectivity index (χ4v) is 6.33. The number of amides is 1. The number of alkyl carbamates (subject to hydrolysis) is 1. The molecule has 0 radical (unpaired) electrons. The summed E-state index contributed by atoms with van der Waals surface area (Å²) in [7, 11) is 0. The van der Waals surface area contributed by atoms with E-state index in [-0.39, 0.29) is 30.8 Å². The van der Waals surface area contributed by atoms with E-state index in [4.69, 9.17) is 14.2 Å². The van der Waals surface area contributed by atoms with Gasteiger partial charge < -0.3 is 29.3 Å². The highest BCUT2D eigenvalue weighted by Gasteiger charge is 2.39. The third-order valence-electron chi connectivity index (χ3n) is 8.82. The van der Waals surface area contributed by atoms with Crippen LogP contribution in [0.3, 0.4) is 0 Å². The number of aromatic nitrogens is 6. The molecule has 1 N–H and O–H groups in total. The van der Waals surface area contributed by atoms with E-state index >= 15 is 0 Å². The zero-order chi connectivity index (χ0) is 33.3. The van der Waals surface area contributed by atoms with Crippen molar-refractivity contribution in [2.45, 2.75) is 76.7 Å². The Morgan fingerprint density at radius 3 is 2.40 bits per heavy atom. The Labute approximate surface area is 270 Å². The van der Waals surface area contributed by atoms with Gasteiger partial charge in [-0.05, 0) is 69.7 Å². The Bertz CT molecular complexity index is 1540. The maximum atomic E-state index is 14.9. The van der Waals surface area contributed by atoms with E-state index in [1.165, 1.54) is 0 Å². The summed E-state index contributed by atoms with van der Waals surface area (Å²) in [5.74, 6) is -2.33. The molecule has 0 bridgehead atoms. The maximum Gasteiger partial charge on any atom is 0.407 e. The van der Waals surface area contributed by atoms with Crippen LogP contribution in [0, 0.1) is 23.4 Å². The lowest BCUT2D eigenvalue weighted by molar-refractivity contribution is 0.0504. The molecule has 47 heavy (non-hydrogen) atoms. The van der Waals surface area contributed by atoms with Crippen molar-refractivity contribution in [1.82, 2.24) is 35.5 Å². The second kappa shape index (κ2) is 13.5. The highest BCUT2D eigenvalue weighted by atomic mass is 19.2. The Hall–Kier alpha value is -4.21. The highest BCUT2D eigenvalue weighted by Crippen LogP contribution is 2.33. The fraction of sp³-hybridized carbons (Fsp3) is 0.613. The maximum absolute atomic E-state index is 14.9. The van der Waals surface area contributed by atoms with Crippen molar-refractivity contribution in [1.29, 1.82) is 0 Å². The van der Waals surface area contributed by atoms with Gasteiger partial charge in [-0.15, -0.1) is 5.10 Å². The minimum atomic E-state index is -1.28. The molecule has 3 fully saturated rings. The topological polar surface area (TPSA) is 133 Å². The molecule has 16 heteroatoms. The molecule has 6 rings (SSSR count). The van der Waals surface area contributed by atoms with Crippen LogP contribution in [0.25, 0.3) is 0 Å². The molecule has 0 spiro atoms. The average molecular weight is 660 g/mol. The van der Waals surface area contributed by atoms with Crippen LogP contribution in [0.15, 0.2) is 24.5 Å². The number of benzene rings is 1. The largest absolute Gasteiger partial charge is 0.487 e. The van der Waals surface area contributed by atoms with Crippen LogP contribution in [0.4, 0.5) is 29.9 Å². The molecule has 5 heterocycles. The lowest BCUT2D eigenvalue weighted by Crippen LogP contribution is -2.43. The van der Waals surface area contributed by atoms with Crippen LogP contribution >= 0.6 is 0 Å². The second-order valence-corrected chi connectivity index (χ2v) is 13.3. The van der Waals surface area contributed by atoms with Gasteiger partial charge in [0.15, 0.2) is 17.4 Å². The second-order valence-electron chi connectivity index (χ2n) is 13.3. The number of anilines is 2. The zero-order valence-corrected chi connectivity index (χ0v) is 26.9. The summed E-state index contributed by atoms with van der Waals surface area (Å²) >= 11 is 0. The number of carbonyl (C=O) groups excluding carboxylic acids is 1. The van der Waals surface area contributed by atoms with Crippen LogP contribution in [-0.2, 0) is 9.47 Å². The number of rotatable bonds is 8. The Kier molecular flexibility index (Phi) is 9.39. The van der Waals surface area contributed by atoms with Crippen molar-refractivity contribution in [2.75, 3.05) is 49.2 Å². The number of carbonyl (C=O) groups is 1. The third-order valence-corrected chi connectivity index (χ3v) is 8.82. The predicted octanol–water partition coefficient (Wildman–Crippen LogP) is 4.02. The van der Waals surface area contributed by atoms with Gasteiger partial charge in [0, 0.05) is 44.8 Å². The molecule has 1 aromatic carbocycles. The number of tetrazole rings is 1. The Balaban J connectivity index is 1.06. The summed E-state index contributed by atoms with van der Waals surface area (Å²) in [6, 6.07) is 0.796. The number of hydrogen-bond acceptors (Lipinski definition) is 11. The standard InChI is InChI=1S/C31H40F3N9O4/c1-18(19-5-8-41(9-6-19)29-38-40-43(39-29)20-7-10-45-17-20)46-21-13-35-28(36-14-21)42-15-23(22-11-25(33)26(34)12-24(22)32)27(16-42)37-30(44)47-31(2,3)4/h11-14,18-20,23,27H,5-10,15-17H2,1-4H3,(H,37,44)/t18-,20+,23+,27-/m0/s1. The zero-order valence-electron chi connectivity index (χ0n) is 26.9. The van der Waals surface area contributed by atoms with Gasteiger partial charge in [0.25, 0.3) is 5.95 Å². The quantitative estimate of drug-likeness (QED) is 0.352. The van der Waals surface area contributed by atoms with Gasteiger partial charge in [0.05, 0.1) is 37.2 Å². The molecule has 0 aliphatic carbocycles. The third kappa shape index (κ3) is 7.68. The van der Waals surface area contributed by atoms with E-state index in [2.05, 4.69) is 35.6 Å². The summed E-state index contributed by atoms with van der Waals surface area (Å²) in [5.41, 5.74) is -0.821. The van der Waals surface area contributed by atoms with Crippen molar-refractivity contribution < 1.29 is 32.2 Å². The van der Waals surface area contributed by atoms with Gasteiger partial charge in [0.2, 0.25) is 5.95 Å². The minimum Gasteiger partial charge on any atom is -0.487 e. The fourth-order valence-electron chi connectivity index (χ4n) is 6.33. The predicted molar refractivity (Wildman–Crippen MR) is 164 cm³/mol. The first kappa shape index (κ1) is 32.7. The summed E-state index contributed by atoms with van der Waals surface area (Å²) in [6.07, 6.45) is 5.02. The molecule has 0 saturated carbocycles. The molecule has 3 aromatic rings. The first-order chi connectivity index (χ1) is 22.4. The van der Waals surface area contributed by atoms with Gasteiger partial charge in [-0.1, -0.05) is 5.10 Å². The molecular weight excluding hydrogens is 619 g/mol. The van der Waals surface area contributed by atoms with Crippen LogP contribution < -0.4 is 19.9 Å². The van der Waals surface area contributed by atoms with Crippen molar-refractivity contribution in [3.8, 4) is 5.75 Å². The van der Waals surface area contributed by atoms with Crippen LogP contribution in [0.1, 0.15) is 64.5 Å². The number of ether oxygens (including phenoxy) is 3. The van der Waals surface area contributed by atoms with Gasteiger partial charge >= 0.3 is 6.09 Å². The average Bonchev–Trinajstić information content (AvgIpc) is 3.80. The SMILES string of the molecule is C[C@H](Oc1cnc(N2C[C@H](NC(=O)OC(C)(C)C)[C@@H](c3cc(F)c(F)cc3F)C2)nc1)C1CCN(c2nnn([C@@H]3CCOC3)n2)CC1. The van der Waals surface area contributed by atoms with Crippen molar-refractivity contribution in [3.05, 3.63) is 47.5 Å². The Morgan fingerprint density at radius 2 is 1.72 bits per heavy atom. The molecule has 0 unspecified atom stereocenters. The van der Waals surface area contributed by atoms with Gasteiger partial charge in [-0.3, -0.25) is 0 Å². The molecule has 1 amide bonds. The smallest absolute Gasteiger partial charge is 0.407 e. The van der Waals surface area contributed by atoms with Crippen LogP contribution in [0.2, 0.25) is 0 Å². The van der Waals surface area contributed by atoms with Gasteiger partial charge in [-0.2, -0.15) is 4.80 Å². The number of hydrogen-bond donors (Lipinski definition) is 1. The first-order valence-electron chi connectivity index (χ1n) is 15.9. The monoisotopic (exact) mass is 659 g/mol. The lowest BCUT2D eigenvalue weighted by atomic mass is 9.92. The van der Waals surface area contributed by atoms with Crippen molar-refractivity contribution in [3.63, 3.8) is 0 Å². The molecule has 4 atom stereocenters. The summed E-state index contributed by atoms with van der Waals surface area (Å²) in [5, 5.41) is 15.8. The summed E-state index contributed by atoms with van der Waals surface area (Å²) < 4.78 is 59.7. The molecule has 3 aliphatic rings. The van der Waals surface area contributed by atoms with E-state index in [1.54, 1.807) is 42.9 Å². The van der Waals surface area contributed by atoms with Crippen LogP contribution in [0.5, 0.6) is 5.75 Å². The van der Waals surface area contributed by atoms with E-state index in [0.717, 1.165) is 38.4 Å². The van der Waals surface area contributed by atoms with Crippen molar-refractivity contribution >= 4 is 18.0 Å². The Morgan fingerprint density at radius 1 is 1.00 bits per heavy atom. The number of nitrogens with one attached hydrogen (secondary N) is 1. The van der Waals surface area contributed by atoms with Gasteiger partial charge in [0.1, 0.15) is 11.4 Å². The number of halogens is 3. The van der Waals surface area contributed by atoms with Gasteiger partial charge in [-0.25, -0.2) is 27.9 Å². The highest BCUT2D eigenvalue weighted by molar-refractivity contribution is 5.68. The normalized spacial score (nSPS) is 22.8. The summed E-state index contributed by atoms with van der Waals surface area (Å²) in [4.78, 5) is 27.1. The number of nitrogens with zero attached hydrogens (tertiary/aromatic N) is 8. The summed E-state index contributed by atoms with van der Waals surface area (Å²) in [6.45, 7) is 10.4. The lowest BCUT2D eigenvalue weighted by Gasteiger charge is -2.34. The molecule has 13 nitrogen and oxygen atoms in total. The molecule has 3 aliphatic heterocycles. The van der Waals surface area contributed by atoms with Crippen molar-refractivity contribution in [2.24, 2.45) is 5.92 Å². The minimum absolute atomic E-state index is 0.0592. The van der Waals surface area contributed by atoms with E-state index in [0.29, 0.717) is 42.8 Å². The molecule has 3 saturated heterocycles. The van der Waals surface area contributed by atoms with Crippen LogP contribution in [-0.4, -0.2) is 93.4 Å². The molecule has 2 aromatic heterocycles. The first-order valence-corrected chi connectivity index (χ1v) is 15.9.